The third-order valence-electron chi connectivity index (χ3n) is 3.15. The van der Waals surface area contributed by atoms with E-state index < -0.39 is 5.97 Å². The zero-order valence-electron chi connectivity index (χ0n) is 11.0. The summed E-state index contributed by atoms with van der Waals surface area (Å²) < 4.78 is 0. The number of aromatic carboxylic acids is 1. The number of carbonyl (C=O) groups is 2. The molecule has 104 valence electrons. The Labute approximate surface area is 120 Å². The molecule has 1 fully saturated rings. The lowest BCUT2D eigenvalue weighted by Gasteiger charge is -2.34. The molecule has 6 heteroatoms. The van der Waals surface area contributed by atoms with Gasteiger partial charge >= 0.3 is 5.97 Å². The van der Waals surface area contributed by atoms with Crippen LogP contribution in [-0.4, -0.2) is 46.0 Å². The van der Waals surface area contributed by atoms with Crippen molar-refractivity contribution in [3.8, 4) is 0 Å². The van der Waals surface area contributed by atoms with Gasteiger partial charge in [0, 0.05) is 24.1 Å². The number of thiophene rings is 1. The normalized spacial score (nSPS) is 19.7. The van der Waals surface area contributed by atoms with Gasteiger partial charge in [0.15, 0.2) is 0 Å². The Bertz CT molecular complexity index is 484. The molecule has 0 radical (unpaired) electrons. The van der Waals surface area contributed by atoms with Gasteiger partial charge in [0.1, 0.15) is 4.88 Å². The summed E-state index contributed by atoms with van der Waals surface area (Å²) in [5, 5.41) is 9.36. The average molecular weight is 299 g/mol. The van der Waals surface area contributed by atoms with E-state index in [1.165, 1.54) is 6.07 Å². The molecule has 1 aliphatic heterocycles. The molecule has 2 heterocycles. The molecule has 1 N–H and O–H groups in total. The molecule has 0 aliphatic carbocycles. The van der Waals surface area contributed by atoms with Crippen LogP contribution in [0, 0.1) is 5.92 Å². The molecule has 0 spiro atoms. The summed E-state index contributed by atoms with van der Waals surface area (Å²) in [6.07, 6.45) is 0. The van der Waals surface area contributed by atoms with Crippen molar-refractivity contribution in [2.24, 2.45) is 5.92 Å². The molecule has 0 bridgehead atoms. The van der Waals surface area contributed by atoms with E-state index in [1.54, 1.807) is 6.07 Å². The summed E-state index contributed by atoms with van der Waals surface area (Å²) in [5.41, 5.74) is 0. The topological polar surface area (TPSA) is 57.6 Å². The number of hydrogen-bond acceptors (Lipinski definition) is 4. The first-order valence-corrected chi connectivity index (χ1v) is 8.09. The lowest BCUT2D eigenvalue weighted by molar-refractivity contribution is 0.0701. The van der Waals surface area contributed by atoms with Crippen LogP contribution in [-0.2, 0) is 0 Å². The largest absolute Gasteiger partial charge is 0.477 e. The summed E-state index contributed by atoms with van der Waals surface area (Å²) in [5.74, 6) is 0.478. The first-order chi connectivity index (χ1) is 8.99. The van der Waals surface area contributed by atoms with E-state index in [0.29, 0.717) is 16.0 Å². The fraction of sp³-hybridized carbons (Fsp3) is 0.538. The Morgan fingerprint density at radius 1 is 1.37 bits per heavy atom. The summed E-state index contributed by atoms with van der Waals surface area (Å²) in [7, 11) is 0. The van der Waals surface area contributed by atoms with Crippen molar-refractivity contribution in [2.75, 3.05) is 18.8 Å². The summed E-state index contributed by atoms with van der Waals surface area (Å²) >= 11 is 2.97. The number of rotatable bonds is 3. The van der Waals surface area contributed by atoms with E-state index >= 15 is 0 Å². The standard InChI is InChI=1S/C13H17NO3S2/c1-8(2)11-7-14(5-6-18-11)12(15)9-3-4-10(19-9)13(16)17/h3-4,8,11H,5-7H2,1-2H3,(H,16,17). The molecule has 0 saturated carbocycles. The Kier molecular flexibility index (Phi) is 4.52. The van der Waals surface area contributed by atoms with Crippen LogP contribution in [0.15, 0.2) is 12.1 Å². The van der Waals surface area contributed by atoms with Gasteiger partial charge in [-0.1, -0.05) is 13.8 Å². The zero-order valence-corrected chi connectivity index (χ0v) is 12.6. The maximum Gasteiger partial charge on any atom is 0.345 e. The van der Waals surface area contributed by atoms with Gasteiger partial charge in [-0.2, -0.15) is 11.8 Å². The van der Waals surface area contributed by atoms with E-state index in [0.717, 1.165) is 30.2 Å². The molecule has 1 saturated heterocycles. The second-order valence-corrected chi connectivity index (χ2v) is 7.30. The van der Waals surface area contributed by atoms with Crippen molar-refractivity contribution in [3.63, 3.8) is 0 Å². The van der Waals surface area contributed by atoms with E-state index in [2.05, 4.69) is 13.8 Å². The first-order valence-electron chi connectivity index (χ1n) is 6.23. The zero-order chi connectivity index (χ0) is 14.0. The smallest absolute Gasteiger partial charge is 0.345 e. The molecule has 1 atom stereocenters. The molecule has 4 nitrogen and oxygen atoms in total. The molecule has 1 amide bonds. The maximum atomic E-state index is 12.3. The highest BCUT2D eigenvalue weighted by molar-refractivity contribution is 8.00. The Morgan fingerprint density at radius 3 is 2.63 bits per heavy atom. The molecular formula is C13H17NO3S2. The Morgan fingerprint density at radius 2 is 2.05 bits per heavy atom. The Hall–Kier alpha value is -1.01. The van der Waals surface area contributed by atoms with E-state index in [9.17, 15) is 9.59 Å². The van der Waals surface area contributed by atoms with Crippen LogP contribution in [0.2, 0.25) is 0 Å². The number of carboxylic acid groups (broad SMARTS) is 1. The maximum absolute atomic E-state index is 12.3. The molecule has 2 rings (SSSR count). The quantitative estimate of drug-likeness (QED) is 0.932. The third kappa shape index (κ3) is 3.30. The lowest BCUT2D eigenvalue weighted by atomic mass is 10.1. The Balaban J connectivity index is 2.08. The van der Waals surface area contributed by atoms with Gasteiger partial charge in [-0.25, -0.2) is 4.79 Å². The lowest BCUT2D eigenvalue weighted by Crippen LogP contribution is -2.43. The number of nitrogens with zero attached hydrogens (tertiary/aromatic N) is 1. The van der Waals surface area contributed by atoms with Gasteiger partial charge in [0.05, 0.1) is 4.88 Å². The van der Waals surface area contributed by atoms with Gasteiger partial charge in [-0.3, -0.25) is 4.79 Å². The third-order valence-corrected chi connectivity index (χ3v) is 5.75. The number of carbonyl (C=O) groups excluding carboxylic acids is 1. The molecule has 1 aromatic rings. The number of hydrogen-bond donors (Lipinski definition) is 1. The van der Waals surface area contributed by atoms with Gasteiger partial charge in [-0.05, 0) is 18.1 Å². The van der Waals surface area contributed by atoms with Crippen molar-refractivity contribution in [1.29, 1.82) is 0 Å². The van der Waals surface area contributed by atoms with Crippen molar-refractivity contribution >= 4 is 35.0 Å². The van der Waals surface area contributed by atoms with Gasteiger partial charge in [0.25, 0.3) is 5.91 Å². The first kappa shape index (κ1) is 14.4. The van der Waals surface area contributed by atoms with E-state index in [-0.39, 0.29) is 10.8 Å². The predicted octanol–water partition coefficient (Wildman–Crippen LogP) is 2.66. The number of amides is 1. The molecule has 1 unspecified atom stereocenters. The summed E-state index contributed by atoms with van der Waals surface area (Å²) in [6.45, 7) is 5.83. The summed E-state index contributed by atoms with van der Waals surface area (Å²) in [4.78, 5) is 25.8. The highest BCUT2D eigenvalue weighted by Crippen LogP contribution is 2.27. The van der Waals surface area contributed by atoms with E-state index in [1.807, 2.05) is 16.7 Å². The number of thioether (sulfide) groups is 1. The van der Waals surface area contributed by atoms with Crippen molar-refractivity contribution in [3.05, 3.63) is 21.9 Å². The van der Waals surface area contributed by atoms with Gasteiger partial charge < -0.3 is 10.0 Å². The molecular weight excluding hydrogens is 282 g/mol. The van der Waals surface area contributed by atoms with Gasteiger partial charge in [-0.15, -0.1) is 11.3 Å². The number of carboxylic acids is 1. The van der Waals surface area contributed by atoms with E-state index in [4.69, 9.17) is 5.11 Å². The SMILES string of the molecule is CC(C)C1CN(C(=O)c2ccc(C(=O)O)s2)CCS1. The second-order valence-electron chi connectivity index (χ2n) is 4.87. The summed E-state index contributed by atoms with van der Waals surface area (Å²) in [6, 6.07) is 3.11. The monoisotopic (exact) mass is 299 g/mol. The molecule has 19 heavy (non-hydrogen) atoms. The van der Waals surface area contributed by atoms with Crippen molar-refractivity contribution in [2.45, 2.75) is 19.1 Å². The predicted molar refractivity (Wildman–Crippen MR) is 78.3 cm³/mol. The average Bonchev–Trinajstić information content (AvgIpc) is 2.87. The second kappa shape index (κ2) is 5.96. The fourth-order valence-electron chi connectivity index (χ4n) is 1.99. The van der Waals surface area contributed by atoms with Crippen LogP contribution < -0.4 is 0 Å². The van der Waals surface area contributed by atoms with Gasteiger partial charge in [0.2, 0.25) is 0 Å². The van der Waals surface area contributed by atoms with Crippen LogP contribution >= 0.6 is 23.1 Å². The minimum absolute atomic E-state index is 0.0385. The molecule has 1 aromatic heterocycles. The minimum Gasteiger partial charge on any atom is -0.477 e. The van der Waals surface area contributed by atoms with Crippen LogP contribution in [0.1, 0.15) is 33.2 Å². The highest BCUT2D eigenvalue weighted by Gasteiger charge is 2.27. The molecule has 1 aliphatic rings. The highest BCUT2D eigenvalue weighted by atomic mass is 32.2. The van der Waals surface area contributed by atoms with Crippen LogP contribution in [0.4, 0.5) is 0 Å². The fourth-order valence-corrected chi connectivity index (χ4v) is 4.10. The van der Waals surface area contributed by atoms with Crippen LogP contribution in [0.3, 0.4) is 0 Å². The van der Waals surface area contributed by atoms with Crippen LogP contribution in [0.5, 0.6) is 0 Å². The van der Waals surface area contributed by atoms with Crippen LogP contribution in [0.25, 0.3) is 0 Å². The van der Waals surface area contributed by atoms with Crippen molar-refractivity contribution in [1.82, 2.24) is 4.90 Å². The van der Waals surface area contributed by atoms with Crippen molar-refractivity contribution < 1.29 is 14.7 Å². The minimum atomic E-state index is -0.974. The molecule has 0 aromatic carbocycles.